The van der Waals surface area contributed by atoms with Crippen molar-refractivity contribution < 1.29 is 9.59 Å². The third-order valence-electron chi connectivity index (χ3n) is 3.75. The standard InChI is InChI=1S/C17H16N2O2/c18-11-12-5-4-8-14(9-12)19-16(20)10-15(17(19)21)13-6-2-1-3-7-13/h1-9,15H,10-11,18H2. The van der Waals surface area contributed by atoms with Crippen LogP contribution in [0.25, 0.3) is 0 Å². The number of imide groups is 1. The zero-order chi connectivity index (χ0) is 14.8. The van der Waals surface area contributed by atoms with Gasteiger partial charge in [0.2, 0.25) is 11.8 Å². The van der Waals surface area contributed by atoms with Gasteiger partial charge in [-0.05, 0) is 23.3 Å². The Hall–Kier alpha value is -2.46. The van der Waals surface area contributed by atoms with E-state index in [4.69, 9.17) is 5.73 Å². The molecule has 1 aliphatic heterocycles. The van der Waals surface area contributed by atoms with E-state index in [0.29, 0.717) is 12.2 Å². The molecule has 2 amide bonds. The average molecular weight is 280 g/mol. The van der Waals surface area contributed by atoms with Crippen LogP contribution in [0, 0.1) is 0 Å². The molecule has 2 aromatic carbocycles. The number of hydrogen-bond acceptors (Lipinski definition) is 3. The second-order valence-corrected chi connectivity index (χ2v) is 5.11. The second-order valence-electron chi connectivity index (χ2n) is 5.11. The first-order chi connectivity index (χ1) is 10.2. The summed E-state index contributed by atoms with van der Waals surface area (Å²) in [4.78, 5) is 26.1. The van der Waals surface area contributed by atoms with Crippen LogP contribution in [0.4, 0.5) is 5.69 Å². The molecular weight excluding hydrogens is 264 g/mol. The Labute approximate surface area is 123 Å². The minimum absolute atomic E-state index is 0.164. The lowest BCUT2D eigenvalue weighted by Gasteiger charge is -2.16. The number of benzene rings is 2. The number of carbonyl (C=O) groups excluding carboxylic acids is 2. The fourth-order valence-corrected chi connectivity index (χ4v) is 2.67. The predicted molar refractivity (Wildman–Crippen MR) is 80.6 cm³/mol. The fraction of sp³-hybridized carbons (Fsp3) is 0.176. The van der Waals surface area contributed by atoms with Crippen LogP contribution in [-0.2, 0) is 16.1 Å². The smallest absolute Gasteiger partial charge is 0.241 e. The Morgan fingerprint density at radius 1 is 1.05 bits per heavy atom. The number of rotatable bonds is 3. The van der Waals surface area contributed by atoms with E-state index in [-0.39, 0.29) is 24.2 Å². The molecule has 0 spiro atoms. The molecule has 1 heterocycles. The Balaban J connectivity index is 1.94. The van der Waals surface area contributed by atoms with Gasteiger partial charge in [-0.3, -0.25) is 9.59 Å². The van der Waals surface area contributed by atoms with E-state index in [2.05, 4.69) is 0 Å². The first kappa shape index (κ1) is 13.5. The molecule has 1 aliphatic rings. The molecule has 0 aliphatic carbocycles. The Kier molecular flexibility index (Phi) is 3.54. The summed E-state index contributed by atoms with van der Waals surface area (Å²) in [6.45, 7) is 0.381. The molecule has 0 aromatic heterocycles. The third-order valence-corrected chi connectivity index (χ3v) is 3.75. The highest BCUT2D eigenvalue weighted by Gasteiger charge is 2.40. The molecule has 3 rings (SSSR count). The number of amides is 2. The van der Waals surface area contributed by atoms with Gasteiger partial charge in [0.1, 0.15) is 0 Å². The minimum atomic E-state index is -0.389. The van der Waals surface area contributed by atoms with Gasteiger partial charge in [0.15, 0.2) is 0 Å². The summed E-state index contributed by atoms with van der Waals surface area (Å²) in [5.41, 5.74) is 8.00. The zero-order valence-corrected chi connectivity index (χ0v) is 11.5. The fourth-order valence-electron chi connectivity index (χ4n) is 2.67. The summed E-state index contributed by atoms with van der Waals surface area (Å²) in [6, 6.07) is 16.7. The van der Waals surface area contributed by atoms with Gasteiger partial charge in [0.05, 0.1) is 11.6 Å². The summed E-state index contributed by atoms with van der Waals surface area (Å²) in [7, 11) is 0. The van der Waals surface area contributed by atoms with E-state index in [1.165, 1.54) is 4.90 Å². The highest BCUT2D eigenvalue weighted by molar-refractivity contribution is 6.22. The molecule has 0 saturated carbocycles. The summed E-state index contributed by atoms with van der Waals surface area (Å²) >= 11 is 0. The molecule has 1 atom stereocenters. The summed E-state index contributed by atoms with van der Waals surface area (Å²) in [5.74, 6) is -0.719. The lowest BCUT2D eigenvalue weighted by atomic mass is 9.98. The van der Waals surface area contributed by atoms with Crippen molar-refractivity contribution in [2.75, 3.05) is 4.90 Å². The highest BCUT2D eigenvalue weighted by atomic mass is 16.2. The van der Waals surface area contributed by atoms with E-state index < -0.39 is 0 Å². The number of hydrogen-bond donors (Lipinski definition) is 1. The molecule has 21 heavy (non-hydrogen) atoms. The molecule has 2 N–H and O–H groups in total. The van der Waals surface area contributed by atoms with Crippen LogP contribution >= 0.6 is 0 Å². The van der Waals surface area contributed by atoms with Gasteiger partial charge in [-0.25, -0.2) is 4.90 Å². The van der Waals surface area contributed by atoms with Gasteiger partial charge in [-0.1, -0.05) is 42.5 Å². The van der Waals surface area contributed by atoms with Crippen LogP contribution in [0.1, 0.15) is 23.5 Å². The Morgan fingerprint density at radius 2 is 1.81 bits per heavy atom. The van der Waals surface area contributed by atoms with E-state index in [0.717, 1.165) is 11.1 Å². The third kappa shape index (κ3) is 2.45. The minimum Gasteiger partial charge on any atom is -0.326 e. The molecule has 1 fully saturated rings. The summed E-state index contributed by atoms with van der Waals surface area (Å²) in [6.07, 6.45) is 0.218. The largest absolute Gasteiger partial charge is 0.326 e. The number of carbonyl (C=O) groups is 2. The number of nitrogens with zero attached hydrogens (tertiary/aromatic N) is 1. The molecule has 4 nitrogen and oxygen atoms in total. The maximum Gasteiger partial charge on any atom is 0.241 e. The summed E-state index contributed by atoms with van der Waals surface area (Å²) in [5, 5.41) is 0. The maximum absolute atomic E-state index is 12.6. The first-order valence-corrected chi connectivity index (χ1v) is 6.91. The molecular formula is C17H16N2O2. The van der Waals surface area contributed by atoms with Gasteiger partial charge in [-0.2, -0.15) is 0 Å². The van der Waals surface area contributed by atoms with Crippen LogP contribution < -0.4 is 10.6 Å². The average Bonchev–Trinajstić information content (AvgIpc) is 2.83. The van der Waals surface area contributed by atoms with Gasteiger partial charge < -0.3 is 5.73 Å². The van der Waals surface area contributed by atoms with Crippen molar-refractivity contribution in [1.82, 2.24) is 0 Å². The number of nitrogens with two attached hydrogens (primary N) is 1. The monoisotopic (exact) mass is 280 g/mol. The molecule has 1 saturated heterocycles. The van der Waals surface area contributed by atoms with Crippen molar-refractivity contribution in [1.29, 1.82) is 0 Å². The van der Waals surface area contributed by atoms with E-state index >= 15 is 0 Å². The van der Waals surface area contributed by atoms with Crippen molar-refractivity contribution in [3.8, 4) is 0 Å². The SMILES string of the molecule is NCc1cccc(N2C(=O)CC(c3ccccc3)C2=O)c1. The Bertz CT molecular complexity index is 682. The predicted octanol–water partition coefficient (Wildman–Crippen LogP) is 2.19. The van der Waals surface area contributed by atoms with Gasteiger partial charge >= 0.3 is 0 Å². The molecule has 106 valence electrons. The van der Waals surface area contributed by atoms with E-state index in [1.54, 1.807) is 12.1 Å². The van der Waals surface area contributed by atoms with Crippen LogP contribution in [0.2, 0.25) is 0 Å². The number of anilines is 1. The first-order valence-electron chi connectivity index (χ1n) is 6.91. The lowest BCUT2D eigenvalue weighted by Crippen LogP contribution is -2.30. The molecule has 2 aromatic rings. The van der Waals surface area contributed by atoms with Crippen molar-refractivity contribution >= 4 is 17.5 Å². The van der Waals surface area contributed by atoms with Gasteiger partial charge in [0.25, 0.3) is 0 Å². The zero-order valence-electron chi connectivity index (χ0n) is 11.5. The van der Waals surface area contributed by atoms with Crippen molar-refractivity contribution in [3.05, 3.63) is 65.7 Å². The van der Waals surface area contributed by atoms with Crippen LogP contribution in [-0.4, -0.2) is 11.8 Å². The Morgan fingerprint density at radius 3 is 2.52 bits per heavy atom. The van der Waals surface area contributed by atoms with Crippen molar-refractivity contribution in [3.63, 3.8) is 0 Å². The lowest BCUT2D eigenvalue weighted by molar-refractivity contribution is -0.121. The van der Waals surface area contributed by atoms with Crippen molar-refractivity contribution in [2.45, 2.75) is 18.9 Å². The topological polar surface area (TPSA) is 63.4 Å². The highest BCUT2D eigenvalue weighted by Crippen LogP contribution is 2.33. The molecule has 0 radical (unpaired) electrons. The van der Waals surface area contributed by atoms with Gasteiger partial charge in [0, 0.05) is 13.0 Å². The van der Waals surface area contributed by atoms with Gasteiger partial charge in [-0.15, -0.1) is 0 Å². The molecule has 4 heteroatoms. The van der Waals surface area contributed by atoms with Crippen LogP contribution in [0.5, 0.6) is 0 Å². The van der Waals surface area contributed by atoms with E-state index in [9.17, 15) is 9.59 Å². The quantitative estimate of drug-likeness (QED) is 0.877. The maximum atomic E-state index is 12.6. The van der Waals surface area contributed by atoms with Crippen LogP contribution in [0.3, 0.4) is 0 Å². The van der Waals surface area contributed by atoms with E-state index in [1.807, 2.05) is 42.5 Å². The van der Waals surface area contributed by atoms with Crippen molar-refractivity contribution in [2.24, 2.45) is 5.73 Å². The summed E-state index contributed by atoms with van der Waals surface area (Å²) < 4.78 is 0. The van der Waals surface area contributed by atoms with Crippen LogP contribution in [0.15, 0.2) is 54.6 Å². The second kappa shape index (κ2) is 5.50. The molecule has 0 bridgehead atoms. The molecule has 1 unspecified atom stereocenters. The normalized spacial score (nSPS) is 18.3.